The van der Waals surface area contributed by atoms with Gasteiger partial charge in [-0.2, -0.15) is 0 Å². The number of nitrogens with zero attached hydrogens (tertiary/aromatic N) is 1. The van der Waals surface area contributed by atoms with Crippen molar-refractivity contribution in [1.82, 2.24) is 0 Å². The Morgan fingerprint density at radius 1 is 1.33 bits per heavy atom. The van der Waals surface area contributed by atoms with Crippen molar-refractivity contribution in [2.45, 2.75) is 13.2 Å². The Morgan fingerprint density at radius 3 is 2.67 bits per heavy atom. The number of hydrogen-bond acceptors (Lipinski definition) is 6. The highest BCUT2D eigenvalue weighted by Gasteiger charge is 2.15. The lowest BCUT2D eigenvalue weighted by atomic mass is 10.1. The zero-order chi connectivity index (χ0) is 15.4. The van der Waals surface area contributed by atoms with Gasteiger partial charge in [0, 0.05) is 11.8 Å². The average molecular weight is 307 g/mol. The lowest BCUT2D eigenvalue weighted by molar-refractivity contribution is -0.380. The molecule has 1 amide bonds. The highest BCUT2D eigenvalue weighted by atomic mass is 32.1. The molecule has 0 fully saturated rings. The van der Waals surface area contributed by atoms with Gasteiger partial charge in [0.2, 0.25) is 0 Å². The second-order valence-electron chi connectivity index (χ2n) is 4.22. The van der Waals surface area contributed by atoms with Gasteiger partial charge >= 0.3 is 5.00 Å². The van der Waals surface area contributed by atoms with Crippen molar-refractivity contribution in [2.75, 3.05) is 10.6 Å². The van der Waals surface area contributed by atoms with Crippen LogP contribution in [0.3, 0.4) is 0 Å². The maximum atomic E-state index is 12.2. The molecule has 110 valence electrons. The number of thiophene rings is 1. The van der Waals surface area contributed by atoms with E-state index in [1.54, 1.807) is 24.3 Å². The van der Waals surface area contributed by atoms with Crippen LogP contribution in [0.15, 0.2) is 36.4 Å². The third-order valence-electron chi connectivity index (χ3n) is 2.54. The van der Waals surface area contributed by atoms with Gasteiger partial charge in [0.25, 0.3) is 5.91 Å². The van der Waals surface area contributed by atoms with Crippen LogP contribution in [0, 0.1) is 10.1 Å². The summed E-state index contributed by atoms with van der Waals surface area (Å²) in [5, 5.41) is 25.7. The molecule has 1 unspecified atom stereocenters. The van der Waals surface area contributed by atoms with Crippen molar-refractivity contribution < 1.29 is 14.8 Å². The number of hydrogen-bond donors (Lipinski definition) is 3. The molecule has 1 aromatic heterocycles. The maximum Gasteiger partial charge on any atom is 0.326 e. The van der Waals surface area contributed by atoms with Gasteiger partial charge in [0.05, 0.1) is 10.5 Å². The van der Waals surface area contributed by atoms with E-state index in [2.05, 4.69) is 10.6 Å². The monoisotopic (exact) mass is 307 g/mol. The van der Waals surface area contributed by atoms with E-state index in [0.29, 0.717) is 16.3 Å². The number of carbonyl (C=O) groups excluding carboxylic acids is 1. The van der Waals surface area contributed by atoms with Crippen molar-refractivity contribution >= 4 is 32.9 Å². The molecule has 0 spiro atoms. The number of aliphatic hydroxyl groups is 1. The van der Waals surface area contributed by atoms with Gasteiger partial charge in [0.15, 0.2) is 0 Å². The quantitative estimate of drug-likeness (QED) is 0.447. The van der Waals surface area contributed by atoms with E-state index in [4.69, 9.17) is 0 Å². The molecule has 2 rings (SSSR count). The molecular formula is C13H13N3O4S. The van der Waals surface area contributed by atoms with Gasteiger partial charge in [-0.05, 0) is 36.5 Å². The van der Waals surface area contributed by atoms with Crippen molar-refractivity contribution in [2.24, 2.45) is 0 Å². The van der Waals surface area contributed by atoms with Crippen molar-refractivity contribution in [3.63, 3.8) is 0 Å². The average Bonchev–Trinajstić information content (AvgIpc) is 2.87. The minimum absolute atomic E-state index is 0.0410. The molecule has 3 N–H and O–H groups in total. The number of aliphatic hydroxyl groups excluding tert-OH is 1. The fourth-order valence-electron chi connectivity index (χ4n) is 1.70. The summed E-state index contributed by atoms with van der Waals surface area (Å²) in [6.07, 6.45) is -0.804. The predicted molar refractivity (Wildman–Crippen MR) is 80.7 cm³/mol. The second kappa shape index (κ2) is 6.33. The molecule has 2 aromatic rings. The van der Waals surface area contributed by atoms with Gasteiger partial charge in [0.1, 0.15) is 11.2 Å². The molecule has 1 atom stereocenters. The summed E-state index contributed by atoms with van der Waals surface area (Å²) >= 11 is 0.883. The minimum Gasteiger partial charge on any atom is -0.374 e. The number of rotatable bonds is 5. The van der Waals surface area contributed by atoms with E-state index < -0.39 is 17.1 Å². The standard InChI is InChI=1S/C13H13N3O4S/c1-8(17)14-10-5-3-2-4-9(10)13(18)15-11-6-7-12(21-11)16(19)20/h2-8,14,17H,1H3,(H,15,18). The third-order valence-corrected chi connectivity index (χ3v) is 3.50. The molecule has 21 heavy (non-hydrogen) atoms. The fourth-order valence-corrected chi connectivity index (χ4v) is 2.42. The summed E-state index contributed by atoms with van der Waals surface area (Å²) < 4.78 is 0. The fraction of sp³-hybridized carbons (Fsp3) is 0.154. The molecule has 0 saturated heterocycles. The van der Waals surface area contributed by atoms with Crippen LogP contribution in [0.4, 0.5) is 15.7 Å². The number of nitrogens with one attached hydrogen (secondary N) is 2. The summed E-state index contributed by atoms with van der Waals surface area (Å²) in [6, 6.07) is 9.50. The van der Waals surface area contributed by atoms with Crippen LogP contribution in [0.2, 0.25) is 0 Å². The van der Waals surface area contributed by atoms with Crippen LogP contribution < -0.4 is 10.6 Å². The Kier molecular flexibility index (Phi) is 4.51. The molecule has 0 radical (unpaired) electrons. The smallest absolute Gasteiger partial charge is 0.326 e. The number of anilines is 2. The Balaban J connectivity index is 2.18. The van der Waals surface area contributed by atoms with Crippen LogP contribution in [-0.2, 0) is 0 Å². The number of carbonyl (C=O) groups is 1. The molecule has 8 heteroatoms. The van der Waals surface area contributed by atoms with Gasteiger partial charge in [-0.1, -0.05) is 12.1 Å². The first-order chi connectivity index (χ1) is 9.97. The first-order valence-corrected chi connectivity index (χ1v) is 6.88. The Morgan fingerprint density at radius 2 is 2.05 bits per heavy atom. The summed E-state index contributed by atoms with van der Waals surface area (Å²) in [5.74, 6) is -0.407. The van der Waals surface area contributed by atoms with Crippen LogP contribution in [0.25, 0.3) is 0 Å². The van der Waals surface area contributed by atoms with Crippen LogP contribution >= 0.6 is 11.3 Å². The summed E-state index contributed by atoms with van der Waals surface area (Å²) in [6.45, 7) is 1.54. The van der Waals surface area contributed by atoms with E-state index >= 15 is 0 Å². The van der Waals surface area contributed by atoms with Crippen LogP contribution in [-0.4, -0.2) is 22.2 Å². The SMILES string of the molecule is CC(O)Nc1ccccc1C(=O)Nc1ccc([N+](=O)[O-])s1. The van der Waals surface area contributed by atoms with Gasteiger partial charge < -0.3 is 15.7 Å². The molecule has 1 heterocycles. The first-order valence-electron chi connectivity index (χ1n) is 6.06. The summed E-state index contributed by atoms with van der Waals surface area (Å²) in [5.41, 5.74) is 0.825. The Bertz CT molecular complexity index is 669. The lowest BCUT2D eigenvalue weighted by Crippen LogP contribution is -2.18. The van der Waals surface area contributed by atoms with Gasteiger partial charge in [-0.15, -0.1) is 0 Å². The molecular weight excluding hydrogens is 294 g/mol. The van der Waals surface area contributed by atoms with Crippen molar-refractivity contribution in [3.8, 4) is 0 Å². The number of amides is 1. The highest BCUT2D eigenvalue weighted by Crippen LogP contribution is 2.29. The predicted octanol–water partition coefficient (Wildman–Crippen LogP) is 2.66. The Hall–Kier alpha value is -2.45. The molecule has 1 aromatic carbocycles. The largest absolute Gasteiger partial charge is 0.374 e. The summed E-state index contributed by atoms with van der Waals surface area (Å²) in [4.78, 5) is 22.3. The number of para-hydroxylation sites is 1. The van der Waals surface area contributed by atoms with Gasteiger partial charge in [-0.25, -0.2) is 0 Å². The molecule has 7 nitrogen and oxygen atoms in total. The molecule has 0 aliphatic carbocycles. The lowest BCUT2D eigenvalue weighted by Gasteiger charge is -2.13. The second-order valence-corrected chi connectivity index (χ2v) is 5.28. The molecule has 0 aliphatic heterocycles. The highest BCUT2D eigenvalue weighted by molar-refractivity contribution is 7.19. The van der Waals surface area contributed by atoms with E-state index in [9.17, 15) is 20.0 Å². The van der Waals surface area contributed by atoms with E-state index in [0.717, 1.165) is 11.3 Å². The van der Waals surface area contributed by atoms with E-state index in [1.165, 1.54) is 19.1 Å². The molecule has 0 aliphatic rings. The van der Waals surface area contributed by atoms with E-state index in [1.807, 2.05) is 0 Å². The van der Waals surface area contributed by atoms with Crippen LogP contribution in [0.5, 0.6) is 0 Å². The minimum atomic E-state index is -0.804. The topological polar surface area (TPSA) is 104 Å². The normalized spacial score (nSPS) is 11.7. The summed E-state index contributed by atoms with van der Waals surface area (Å²) in [7, 11) is 0. The van der Waals surface area contributed by atoms with E-state index in [-0.39, 0.29) is 5.00 Å². The number of nitro groups is 1. The van der Waals surface area contributed by atoms with Crippen LogP contribution in [0.1, 0.15) is 17.3 Å². The third kappa shape index (κ3) is 3.77. The number of benzene rings is 1. The zero-order valence-corrected chi connectivity index (χ0v) is 11.9. The van der Waals surface area contributed by atoms with Crippen molar-refractivity contribution in [3.05, 3.63) is 52.1 Å². The maximum absolute atomic E-state index is 12.2. The first kappa shape index (κ1) is 14.9. The van der Waals surface area contributed by atoms with Gasteiger partial charge in [-0.3, -0.25) is 14.9 Å². The molecule has 0 saturated carbocycles. The Labute approximate surface area is 124 Å². The zero-order valence-electron chi connectivity index (χ0n) is 11.1. The molecule has 0 bridgehead atoms. The van der Waals surface area contributed by atoms with Crippen molar-refractivity contribution in [1.29, 1.82) is 0 Å².